The van der Waals surface area contributed by atoms with Crippen molar-refractivity contribution in [1.29, 1.82) is 0 Å². The summed E-state index contributed by atoms with van der Waals surface area (Å²) in [5.41, 5.74) is 4.27. The molecule has 1 aliphatic carbocycles. The number of rotatable bonds is 5. The molecule has 0 saturated heterocycles. The highest BCUT2D eigenvalue weighted by atomic mass is 35.5. The third kappa shape index (κ3) is 2.96. The molecule has 0 aromatic carbocycles. The molecule has 1 fully saturated rings. The molecule has 136 valence electrons. The van der Waals surface area contributed by atoms with Crippen molar-refractivity contribution in [2.24, 2.45) is 0 Å². The van der Waals surface area contributed by atoms with Gasteiger partial charge in [-0.05, 0) is 39.7 Å². The number of pyridine rings is 1. The second-order valence-corrected chi connectivity index (χ2v) is 7.16. The van der Waals surface area contributed by atoms with Gasteiger partial charge < -0.3 is 9.84 Å². The molecule has 0 atom stereocenters. The van der Waals surface area contributed by atoms with E-state index in [9.17, 15) is 4.79 Å². The van der Waals surface area contributed by atoms with Crippen LogP contribution in [0.15, 0.2) is 10.6 Å². The summed E-state index contributed by atoms with van der Waals surface area (Å²) in [7, 11) is 0. The highest BCUT2D eigenvalue weighted by molar-refractivity contribution is 6.31. The van der Waals surface area contributed by atoms with E-state index in [-0.39, 0.29) is 5.91 Å². The number of amides is 1. The first-order valence-corrected chi connectivity index (χ1v) is 9.08. The van der Waals surface area contributed by atoms with Gasteiger partial charge in [-0.1, -0.05) is 16.8 Å². The van der Waals surface area contributed by atoms with Gasteiger partial charge in [0.05, 0.1) is 39.6 Å². The lowest BCUT2D eigenvalue weighted by molar-refractivity contribution is 0.0953. The summed E-state index contributed by atoms with van der Waals surface area (Å²) in [6, 6.07) is 1.87. The van der Waals surface area contributed by atoms with Crippen molar-refractivity contribution in [2.75, 3.05) is 6.54 Å². The minimum Gasteiger partial charge on any atom is -0.350 e. The van der Waals surface area contributed by atoms with Crippen molar-refractivity contribution in [1.82, 2.24) is 25.2 Å². The molecule has 0 aliphatic heterocycles. The quantitative estimate of drug-likeness (QED) is 0.741. The van der Waals surface area contributed by atoms with Crippen molar-refractivity contribution in [3.05, 3.63) is 39.4 Å². The van der Waals surface area contributed by atoms with Crippen LogP contribution in [0.25, 0.3) is 11.1 Å². The number of aryl methyl sites for hydroxylation is 2. The number of halogens is 1. The monoisotopic (exact) mass is 373 g/mol. The predicted octanol–water partition coefficient (Wildman–Crippen LogP) is 3.31. The number of carbonyl (C=O) groups is 1. The molecular weight excluding hydrogens is 354 g/mol. The zero-order valence-corrected chi connectivity index (χ0v) is 15.7. The Morgan fingerprint density at radius 2 is 2.12 bits per heavy atom. The molecule has 1 N–H and O–H groups in total. The Labute approximate surface area is 155 Å². The van der Waals surface area contributed by atoms with E-state index in [1.807, 2.05) is 26.8 Å². The van der Waals surface area contributed by atoms with Crippen LogP contribution in [-0.4, -0.2) is 32.4 Å². The minimum atomic E-state index is -0.154. The normalized spacial score (nSPS) is 14.2. The lowest BCUT2D eigenvalue weighted by atomic mass is 10.1. The minimum absolute atomic E-state index is 0.154. The number of hydrogen-bond donors (Lipinski definition) is 1. The molecule has 0 spiro atoms. The fourth-order valence-corrected chi connectivity index (χ4v) is 3.28. The van der Waals surface area contributed by atoms with Gasteiger partial charge in [-0.3, -0.25) is 9.48 Å². The number of carbonyl (C=O) groups excluding carboxylic acids is 1. The molecule has 7 nitrogen and oxygen atoms in total. The fourth-order valence-electron chi connectivity index (χ4n) is 3.14. The van der Waals surface area contributed by atoms with Gasteiger partial charge in [0.25, 0.3) is 11.6 Å². The Bertz CT molecular complexity index is 1000. The third-order valence-electron chi connectivity index (χ3n) is 4.78. The number of aromatic nitrogens is 4. The Balaban J connectivity index is 1.54. The molecule has 3 aromatic heterocycles. The molecular formula is C18H20ClN5O2. The average Bonchev–Trinajstić information content (AvgIpc) is 3.37. The third-order valence-corrected chi connectivity index (χ3v) is 5.33. The van der Waals surface area contributed by atoms with Crippen LogP contribution in [0.1, 0.15) is 51.9 Å². The molecule has 1 aliphatic rings. The standard InChI is InChI=1S/C18H20ClN5O2/c1-9-15-13(8-14(12-4-5-12)21-18(15)26-23-9)17(25)20-6-7-24-11(3)16(19)10(2)22-24/h8,12H,4-7H2,1-3H3,(H,20,25). The van der Waals surface area contributed by atoms with Crippen molar-refractivity contribution < 1.29 is 9.32 Å². The summed E-state index contributed by atoms with van der Waals surface area (Å²) < 4.78 is 7.10. The molecule has 26 heavy (non-hydrogen) atoms. The summed E-state index contributed by atoms with van der Waals surface area (Å²) in [4.78, 5) is 17.3. The molecule has 1 amide bonds. The first-order chi connectivity index (χ1) is 12.5. The van der Waals surface area contributed by atoms with Crippen molar-refractivity contribution >= 4 is 28.6 Å². The summed E-state index contributed by atoms with van der Waals surface area (Å²) in [5, 5.41) is 12.7. The zero-order chi connectivity index (χ0) is 18.4. The Morgan fingerprint density at radius 3 is 2.77 bits per heavy atom. The van der Waals surface area contributed by atoms with Crippen LogP contribution in [0.4, 0.5) is 0 Å². The van der Waals surface area contributed by atoms with Crippen LogP contribution in [0.5, 0.6) is 0 Å². The van der Waals surface area contributed by atoms with Crippen LogP contribution in [0.3, 0.4) is 0 Å². The molecule has 0 unspecified atom stereocenters. The summed E-state index contributed by atoms with van der Waals surface area (Å²) in [5.74, 6) is 0.270. The smallest absolute Gasteiger partial charge is 0.259 e. The van der Waals surface area contributed by atoms with Crippen LogP contribution in [0, 0.1) is 20.8 Å². The maximum atomic E-state index is 12.8. The lowest BCUT2D eigenvalue weighted by Crippen LogP contribution is -2.28. The van der Waals surface area contributed by atoms with E-state index >= 15 is 0 Å². The summed E-state index contributed by atoms with van der Waals surface area (Å²) in [6.07, 6.45) is 2.21. The topological polar surface area (TPSA) is 85.8 Å². The van der Waals surface area contributed by atoms with E-state index in [0.29, 0.717) is 46.4 Å². The van der Waals surface area contributed by atoms with Gasteiger partial charge in [-0.2, -0.15) is 5.10 Å². The lowest BCUT2D eigenvalue weighted by Gasteiger charge is -2.09. The van der Waals surface area contributed by atoms with E-state index in [2.05, 4.69) is 20.6 Å². The Morgan fingerprint density at radius 1 is 1.35 bits per heavy atom. The maximum absolute atomic E-state index is 12.8. The van der Waals surface area contributed by atoms with Crippen molar-refractivity contribution in [3.8, 4) is 0 Å². The molecule has 3 heterocycles. The maximum Gasteiger partial charge on any atom is 0.259 e. The number of nitrogens with one attached hydrogen (secondary N) is 1. The first-order valence-electron chi connectivity index (χ1n) is 8.70. The largest absolute Gasteiger partial charge is 0.350 e. The number of hydrogen-bond acceptors (Lipinski definition) is 5. The average molecular weight is 374 g/mol. The first kappa shape index (κ1) is 17.0. The Kier molecular flexibility index (Phi) is 4.19. The van der Waals surface area contributed by atoms with Gasteiger partial charge in [-0.15, -0.1) is 0 Å². The van der Waals surface area contributed by atoms with Crippen molar-refractivity contribution in [3.63, 3.8) is 0 Å². The zero-order valence-electron chi connectivity index (χ0n) is 15.0. The Hall–Kier alpha value is -2.41. The second kappa shape index (κ2) is 6.39. The highest BCUT2D eigenvalue weighted by Gasteiger charge is 2.28. The van der Waals surface area contributed by atoms with Crippen molar-refractivity contribution in [2.45, 2.75) is 46.1 Å². The van der Waals surface area contributed by atoms with Gasteiger partial charge in [0.2, 0.25) is 0 Å². The van der Waals surface area contributed by atoms with Gasteiger partial charge in [0, 0.05) is 18.2 Å². The van der Waals surface area contributed by atoms with Crippen LogP contribution in [0.2, 0.25) is 5.02 Å². The molecule has 0 bridgehead atoms. The van der Waals surface area contributed by atoms with Gasteiger partial charge >= 0.3 is 0 Å². The molecule has 4 rings (SSSR count). The van der Waals surface area contributed by atoms with E-state index in [4.69, 9.17) is 16.1 Å². The van der Waals surface area contributed by atoms with Gasteiger partial charge in [0.15, 0.2) is 0 Å². The van der Waals surface area contributed by atoms with E-state index in [0.717, 1.165) is 29.9 Å². The number of fused-ring (bicyclic) bond motifs is 1. The van der Waals surface area contributed by atoms with E-state index < -0.39 is 0 Å². The van der Waals surface area contributed by atoms with E-state index in [1.165, 1.54) is 0 Å². The molecule has 1 saturated carbocycles. The second-order valence-electron chi connectivity index (χ2n) is 6.78. The predicted molar refractivity (Wildman–Crippen MR) is 97.6 cm³/mol. The van der Waals surface area contributed by atoms with Crippen LogP contribution < -0.4 is 5.32 Å². The summed E-state index contributed by atoms with van der Waals surface area (Å²) >= 11 is 6.16. The van der Waals surface area contributed by atoms with Gasteiger partial charge in [-0.25, -0.2) is 4.98 Å². The molecule has 3 aromatic rings. The fraction of sp³-hybridized carbons (Fsp3) is 0.444. The molecule has 0 radical (unpaired) electrons. The van der Waals surface area contributed by atoms with Crippen LogP contribution >= 0.6 is 11.6 Å². The summed E-state index contributed by atoms with van der Waals surface area (Å²) in [6.45, 7) is 6.60. The van der Waals surface area contributed by atoms with Gasteiger partial charge in [0.1, 0.15) is 0 Å². The SMILES string of the molecule is Cc1nn(CCNC(=O)c2cc(C3CC3)nc3onc(C)c23)c(C)c1Cl. The molecule has 8 heteroatoms. The van der Waals surface area contributed by atoms with Crippen LogP contribution in [-0.2, 0) is 6.54 Å². The van der Waals surface area contributed by atoms with E-state index in [1.54, 1.807) is 4.68 Å². The number of nitrogens with zero attached hydrogens (tertiary/aromatic N) is 4. The highest BCUT2D eigenvalue weighted by Crippen LogP contribution is 2.40.